The Morgan fingerprint density at radius 1 is 1.17 bits per heavy atom. The van der Waals surface area contributed by atoms with Gasteiger partial charge in [0.2, 0.25) is 11.6 Å². The van der Waals surface area contributed by atoms with E-state index in [2.05, 4.69) is 20.5 Å². The second-order valence-corrected chi connectivity index (χ2v) is 6.52. The first-order valence-electron chi connectivity index (χ1n) is 9.08. The van der Waals surface area contributed by atoms with Gasteiger partial charge in [0, 0.05) is 34.8 Å². The van der Waals surface area contributed by atoms with E-state index in [0.29, 0.717) is 17.1 Å². The molecule has 2 heterocycles. The Labute approximate surface area is 171 Å². The van der Waals surface area contributed by atoms with Gasteiger partial charge in [-0.25, -0.2) is 4.68 Å². The molecule has 0 saturated carbocycles. The maximum absolute atomic E-state index is 12.7. The number of nitrogens with one attached hydrogen (secondary N) is 1. The predicted molar refractivity (Wildman–Crippen MR) is 110 cm³/mol. The first-order chi connectivity index (χ1) is 14.6. The molecule has 4 aromatic rings. The van der Waals surface area contributed by atoms with Crippen molar-refractivity contribution in [1.29, 1.82) is 0 Å². The van der Waals surface area contributed by atoms with E-state index in [4.69, 9.17) is 9.47 Å². The number of aliphatic hydroxyl groups excluding tert-OH is 1. The lowest BCUT2D eigenvalue weighted by atomic mass is 10.1. The quantitative estimate of drug-likeness (QED) is 0.276. The van der Waals surface area contributed by atoms with Crippen LogP contribution in [0.1, 0.15) is 21.7 Å². The van der Waals surface area contributed by atoms with Crippen molar-refractivity contribution in [3.8, 4) is 11.5 Å². The number of tetrazole rings is 1. The third kappa shape index (κ3) is 3.72. The normalized spacial score (nSPS) is 11.6. The summed E-state index contributed by atoms with van der Waals surface area (Å²) in [6.07, 6.45) is 2.76. The van der Waals surface area contributed by atoms with Gasteiger partial charge < -0.3 is 19.6 Å². The number of carbonyl (C=O) groups excluding carboxylic acids is 1. The number of para-hydroxylation sites is 1. The molecule has 0 aliphatic rings. The highest BCUT2D eigenvalue weighted by Crippen LogP contribution is 2.24. The topological polar surface area (TPSA) is 115 Å². The number of aromatic nitrogens is 5. The fraction of sp³-hybridized carbons (Fsp3) is 0.143. The molecule has 0 spiro atoms. The van der Waals surface area contributed by atoms with Gasteiger partial charge in [-0.2, -0.15) is 0 Å². The van der Waals surface area contributed by atoms with Crippen molar-refractivity contribution in [2.75, 3.05) is 14.2 Å². The second-order valence-electron chi connectivity index (χ2n) is 6.52. The molecule has 0 unspecified atom stereocenters. The first-order valence-corrected chi connectivity index (χ1v) is 9.08. The highest BCUT2D eigenvalue weighted by Gasteiger charge is 2.17. The van der Waals surface area contributed by atoms with E-state index in [1.54, 1.807) is 38.6 Å². The SMILES string of the molecule is COc1cc(Cn2nnnc2C(=O)/C=C(\O)c2c[nH]c3ccccc23)cc(OC)c1. The van der Waals surface area contributed by atoms with Crippen molar-refractivity contribution >= 4 is 22.4 Å². The van der Waals surface area contributed by atoms with Crippen molar-refractivity contribution in [1.82, 2.24) is 25.2 Å². The zero-order valence-corrected chi connectivity index (χ0v) is 16.4. The molecule has 4 rings (SSSR count). The van der Waals surface area contributed by atoms with E-state index in [-0.39, 0.29) is 18.1 Å². The van der Waals surface area contributed by atoms with Crippen LogP contribution in [-0.4, -0.2) is 50.3 Å². The molecule has 2 aromatic heterocycles. The van der Waals surface area contributed by atoms with Gasteiger partial charge in [-0.15, -0.1) is 5.10 Å². The second kappa shape index (κ2) is 8.08. The standard InChI is InChI=1S/C21H19N5O4/c1-29-14-7-13(8-15(9-14)30-2)12-26-21(23-24-25-26)20(28)10-19(27)17-11-22-18-6-4-3-5-16(17)18/h3-11,22,27H,12H2,1-2H3/b19-10-. The summed E-state index contributed by atoms with van der Waals surface area (Å²) in [5, 5.41) is 22.6. The monoisotopic (exact) mass is 405 g/mol. The molecule has 2 aromatic carbocycles. The van der Waals surface area contributed by atoms with E-state index in [9.17, 15) is 9.90 Å². The maximum Gasteiger partial charge on any atom is 0.228 e. The molecule has 0 saturated heterocycles. The Morgan fingerprint density at radius 3 is 2.63 bits per heavy atom. The predicted octanol–water partition coefficient (Wildman–Crippen LogP) is 3.00. The number of hydrogen-bond donors (Lipinski definition) is 2. The number of allylic oxidation sites excluding steroid dienone is 1. The highest BCUT2D eigenvalue weighted by atomic mass is 16.5. The van der Waals surface area contributed by atoms with Gasteiger partial charge >= 0.3 is 0 Å². The van der Waals surface area contributed by atoms with Crippen molar-refractivity contribution in [2.24, 2.45) is 0 Å². The number of ketones is 1. The van der Waals surface area contributed by atoms with Crippen LogP contribution < -0.4 is 9.47 Å². The van der Waals surface area contributed by atoms with Crippen LogP contribution >= 0.6 is 0 Å². The molecular weight excluding hydrogens is 386 g/mol. The van der Waals surface area contributed by atoms with Gasteiger partial charge in [0.05, 0.1) is 20.8 Å². The fourth-order valence-corrected chi connectivity index (χ4v) is 3.17. The summed E-state index contributed by atoms with van der Waals surface area (Å²) in [6, 6.07) is 12.8. The Kier molecular flexibility index (Phi) is 5.17. The molecule has 0 aliphatic carbocycles. The average Bonchev–Trinajstić information content (AvgIpc) is 3.40. The molecule has 0 fully saturated rings. The summed E-state index contributed by atoms with van der Waals surface area (Å²) in [4.78, 5) is 15.8. The van der Waals surface area contributed by atoms with Gasteiger partial charge in [-0.05, 0) is 34.2 Å². The Morgan fingerprint density at radius 2 is 1.90 bits per heavy atom. The van der Waals surface area contributed by atoms with Crippen LogP contribution in [0.15, 0.2) is 54.7 Å². The number of carbonyl (C=O) groups is 1. The molecule has 0 atom stereocenters. The molecule has 30 heavy (non-hydrogen) atoms. The van der Waals surface area contributed by atoms with E-state index in [0.717, 1.165) is 22.5 Å². The van der Waals surface area contributed by atoms with Gasteiger partial charge in [0.1, 0.15) is 17.3 Å². The number of fused-ring (bicyclic) bond motifs is 1. The van der Waals surface area contributed by atoms with Gasteiger partial charge in [-0.1, -0.05) is 18.2 Å². The molecule has 9 heteroatoms. The van der Waals surface area contributed by atoms with E-state index < -0.39 is 5.78 Å². The smallest absolute Gasteiger partial charge is 0.228 e. The molecule has 0 radical (unpaired) electrons. The molecule has 2 N–H and O–H groups in total. The van der Waals surface area contributed by atoms with E-state index >= 15 is 0 Å². The number of nitrogens with zero attached hydrogens (tertiary/aromatic N) is 4. The lowest BCUT2D eigenvalue weighted by Crippen LogP contribution is -2.12. The van der Waals surface area contributed by atoms with Gasteiger partial charge in [0.15, 0.2) is 0 Å². The highest BCUT2D eigenvalue weighted by molar-refractivity contribution is 6.07. The van der Waals surface area contributed by atoms with Crippen molar-refractivity contribution in [2.45, 2.75) is 6.54 Å². The van der Waals surface area contributed by atoms with Gasteiger partial charge in [0.25, 0.3) is 0 Å². The first kappa shape index (κ1) is 19.2. The summed E-state index contributed by atoms with van der Waals surface area (Å²) in [5.74, 6) is 0.542. The number of H-pyrrole nitrogens is 1. The van der Waals surface area contributed by atoms with Crippen molar-refractivity contribution < 1.29 is 19.4 Å². The van der Waals surface area contributed by atoms with Gasteiger partial charge in [-0.3, -0.25) is 4.79 Å². The van der Waals surface area contributed by atoms with Crippen LogP contribution in [-0.2, 0) is 6.54 Å². The summed E-state index contributed by atoms with van der Waals surface area (Å²) >= 11 is 0. The summed E-state index contributed by atoms with van der Waals surface area (Å²) < 4.78 is 11.9. The summed E-state index contributed by atoms with van der Waals surface area (Å²) in [7, 11) is 3.12. The molecule has 0 aliphatic heterocycles. The van der Waals surface area contributed by atoms with Crippen LogP contribution in [0.25, 0.3) is 16.7 Å². The summed E-state index contributed by atoms with van der Waals surface area (Å²) in [6.45, 7) is 0.226. The van der Waals surface area contributed by atoms with Crippen LogP contribution in [0.2, 0.25) is 0 Å². The number of benzene rings is 2. The number of hydrogen-bond acceptors (Lipinski definition) is 7. The molecule has 0 bridgehead atoms. The molecule has 9 nitrogen and oxygen atoms in total. The zero-order chi connectivity index (χ0) is 21.1. The van der Waals surface area contributed by atoms with Crippen LogP contribution in [0.4, 0.5) is 0 Å². The van der Waals surface area contributed by atoms with E-state index in [1.165, 1.54) is 4.68 Å². The van der Waals surface area contributed by atoms with Crippen LogP contribution in [0.5, 0.6) is 11.5 Å². The maximum atomic E-state index is 12.7. The Bertz CT molecular complexity index is 1220. The molecular formula is C21H19N5O4. The fourth-order valence-electron chi connectivity index (χ4n) is 3.17. The number of rotatable bonds is 7. The Hall–Kier alpha value is -4.14. The lowest BCUT2D eigenvalue weighted by molar-refractivity contribution is 0.103. The number of aromatic amines is 1. The largest absolute Gasteiger partial charge is 0.507 e. The molecule has 0 amide bonds. The third-order valence-electron chi connectivity index (χ3n) is 4.63. The zero-order valence-electron chi connectivity index (χ0n) is 16.4. The van der Waals surface area contributed by atoms with E-state index in [1.807, 2.05) is 24.3 Å². The summed E-state index contributed by atoms with van der Waals surface area (Å²) in [5.41, 5.74) is 2.17. The minimum absolute atomic E-state index is 0.00294. The number of ether oxygens (including phenoxy) is 2. The lowest BCUT2D eigenvalue weighted by Gasteiger charge is -2.09. The van der Waals surface area contributed by atoms with Crippen LogP contribution in [0.3, 0.4) is 0 Å². The molecule has 152 valence electrons. The minimum Gasteiger partial charge on any atom is -0.507 e. The number of methoxy groups -OCH3 is 2. The number of aliphatic hydroxyl groups is 1. The Balaban J connectivity index is 1.61. The van der Waals surface area contributed by atoms with Crippen molar-refractivity contribution in [3.63, 3.8) is 0 Å². The van der Waals surface area contributed by atoms with Crippen molar-refractivity contribution in [3.05, 3.63) is 71.7 Å². The third-order valence-corrected chi connectivity index (χ3v) is 4.63. The minimum atomic E-state index is -0.516. The van der Waals surface area contributed by atoms with Crippen LogP contribution in [0, 0.1) is 0 Å². The average molecular weight is 405 g/mol.